The van der Waals surface area contributed by atoms with E-state index in [4.69, 9.17) is 14.6 Å². The average molecular weight is 579 g/mol. The first-order chi connectivity index (χ1) is 18.5. The van der Waals surface area contributed by atoms with E-state index in [1.165, 1.54) is 19.6 Å². The number of methoxy groups -OCH3 is 2. The van der Waals surface area contributed by atoms with Gasteiger partial charge in [-0.2, -0.15) is 8.42 Å². The molecule has 1 aliphatic rings. The van der Waals surface area contributed by atoms with Gasteiger partial charge < -0.3 is 14.6 Å². The number of thiazole rings is 1. The lowest BCUT2D eigenvalue weighted by Gasteiger charge is -2.26. The summed E-state index contributed by atoms with van der Waals surface area (Å²) in [6.07, 6.45) is 4.85. The maximum absolute atomic E-state index is 15.6. The highest BCUT2D eigenvalue weighted by molar-refractivity contribution is 7.92. The van der Waals surface area contributed by atoms with Crippen LogP contribution in [0.1, 0.15) is 49.0 Å². The molecule has 4 rings (SSSR count). The zero-order valence-corrected chi connectivity index (χ0v) is 23.4. The normalized spacial score (nSPS) is 15.7. The van der Waals surface area contributed by atoms with Gasteiger partial charge in [0.25, 0.3) is 10.0 Å². The van der Waals surface area contributed by atoms with Gasteiger partial charge in [0, 0.05) is 17.0 Å². The Labute approximate surface area is 229 Å². The van der Waals surface area contributed by atoms with Gasteiger partial charge in [-0.15, -0.1) is 11.3 Å². The van der Waals surface area contributed by atoms with Crippen molar-refractivity contribution in [3.63, 3.8) is 0 Å². The number of allylic oxidation sites excluding steroid dienone is 2. The molecule has 12 heteroatoms. The topological polar surface area (TPSA) is 115 Å². The Hall–Kier alpha value is -3.51. The molecule has 0 spiro atoms. The molecule has 1 unspecified atom stereocenters. The summed E-state index contributed by atoms with van der Waals surface area (Å²) in [7, 11) is -1.79. The molecule has 0 amide bonds. The fourth-order valence-corrected chi connectivity index (χ4v) is 6.72. The number of hydrogen-bond acceptors (Lipinski definition) is 7. The maximum Gasteiger partial charge on any atom is 0.338 e. The number of anilines is 1. The van der Waals surface area contributed by atoms with Crippen LogP contribution >= 0.6 is 11.3 Å². The van der Waals surface area contributed by atoms with Crippen LogP contribution in [0.2, 0.25) is 0 Å². The number of carboxylic acids is 1. The van der Waals surface area contributed by atoms with Gasteiger partial charge in [-0.25, -0.2) is 18.6 Å². The molecule has 0 fully saturated rings. The molecule has 0 bridgehead atoms. The Morgan fingerprint density at radius 2 is 1.90 bits per heavy atom. The number of rotatable bonds is 9. The van der Waals surface area contributed by atoms with Gasteiger partial charge in [0.05, 0.1) is 31.0 Å². The first-order valence-electron chi connectivity index (χ1n) is 12.1. The summed E-state index contributed by atoms with van der Waals surface area (Å²) < 4.78 is 68.4. The van der Waals surface area contributed by atoms with Crippen molar-refractivity contribution in [1.82, 2.24) is 4.98 Å². The number of nitrogens with one attached hydrogen (secondary N) is 1. The van der Waals surface area contributed by atoms with E-state index < -0.39 is 38.2 Å². The Kier molecular flexibility index (Phi) is 8.26. The lowest BCUT2D eigenvalue weighted by molar-refractivity contribution is 0.0691. The highest BCUT2D eigenvalue weighted by atomic mass is 32.2. The van der Waals surface area contributed by atoms with Crippen LogP contribution < -0.4 is 14.2 Å². The number of hydrogen-bond donors (Lipinski definition) is 2. The predicted octanol–water partition coefficient (Wildman–Crippen LogP) is 6.44. The number of aromatic nitrogens is 1. The first-order valence-corrected chi connectivity index (χ1v) is 14.5. The second-order valence-corrected chi connectivity index (χ2v) is 11.9. The van der Waals surface area contributed by atoms with Crippen LogP contribution in [-0.4, -0.2) is 38.7 Å². The molecule has 1 aromatic heterocycles. The predicted molar refractivity (Wildman–Crippen MR) is 145 cm³/mol. The Bertz CT molecular complexity index is 1550. The number of benzene rings is 2. The van der Waals surface area contributed by atoms with Crippen molar-refractivity contribution >= 4 is 38.6 Å². The zero-order valence-electron chi connectivity index (χ0n) is 21.7. The van der Waals surface area contributed by atoms with Crippen molar-refractivity contribution in [2.75, 3.05) is 18.9 Å². The van der Waals surface area contributed by atoms with Crippen molar-refractivity contribution in [2.24, 2.45) is 11.8 Å². The Balaban J connectivity index is 1.64. The molecule has 1 aliphatic carbocycles. The van der Waals surface area contributed by atoms with Crippen LogP contribution in [0.4, 0.5) is 14.5 Å². The average Bonchev–Trinajstić information content (AvgIpc) is 3.39. The number of carboxylic acid groups (broad SMARTS) is 1. The van der Waals surface area contributed by atoms with Crippen molar-refractivity contribution in [3.8, 4) is 22.1 Å². The smallest absolute Gasteiger partial charge is 0.338 e. The second-order valence-electron chi connectivity index (χ2n) is 9.45. The fraction of sp³-hybridized carbons (Fsp3) is 0.333. The molecule has 1 heterocycles. The summed E-state index contributed by atoms with van der Waals surface area (Å²) in [5.41, 5.74) is 0.754. The van der Waals surface area contributed by atoms with Gasteiger partial charge >= 0.3 is 5.97 Å². The summed E-state index contributed by atoms with van der Waals surface area (Å²) in [6.45, 7) is 4.39. The molecular weight excluding hydrogens is 550 g/mol. The lowest BCUT2D eigenvalue weighted by atomic mass is 9.80. The van der Waals surface area contributed by atoms with Crippen LogP contribution in [-0.2, 0) is 10.0 Å². The van der Waals surface area contributed by atoms with Gasteiger partial charge in [-0.05, 0) is 48.8 Å². The van der Waals surface area contributed by atoms with Crippen molar-refractivity contribution in [3.05, 3.63) is 58.5 Å². The number of carbonyl (C=O) groups is 1. The van der Waals surface area contributed by atoms with Gasteiger partial charge in [-0.3, -0.25) is 4.72 Å². The summed E-state index contributed by atoms with van der Waals surface area (Å²) in [5, 5.41) is 10.00. The summed E-state index contributed by atoms with van der Waals surface area (Å²) in [4.78, 5) is 15.3. The van der Waals surface area contributed by atoms with E-state index in [1.54, 1.807) is 12.1 Å². The Morgan fingerprint density at radius 1 is 1.18 bits per heavy atom. The number of aromatic carboxylic acids is 1. The van der Waals surface area contributed by atoms with Crippen LogP contribution in [0, 0.1) is 23.5 Å². The molecule has 0 radical (unpaired) electrons. The third kappa shape index (κ3) is 5.76. The molecule has 8 nitrogen and oxygen atoms in total. The molecule has 2 aromatic carbocycles. The minimum atomic E-state index is -4.36. The second kappa shape index (κ2) is 11.3. The van der Waals surface area contributed by atoms with Crippen molar-refractivity contribution in [1.29, 1.82) is 0 Å². The van der Waals surface area contributed by atoms with E-state index in [9.17, 15) is 17.6 Å². The molecular formula is C27H28F2N2O6S2. The number of nitrogens with zero attached hydrogens (tertiary/aromatic N) is 1. The largest absolute Gasteiger partial charge is 0.495 e. The van der Waals surface area contributed by atoms with Crippen LogP contribution in [0.5, 0.6) is 11.5 Å². The fourth-order valence-electron chi connectivity index (χ4n) is 4.55. The minimum Gasteiger partial charge on any atom is -0.495 e. The van der Waals surface area contributed by atoms with Gasteiger partial charge in [0.15, 0.2) is 16.6 Å². The van der Waals surface area contributed by atoms with Crippen LogP contribution in [0.15, 0.2) is 40.7 Å². The van der Waals surface area contributed by atoms with E-state index in [-0.39, 0.29) is 27.8 Å². The highest BCUT2D eigenvalue weighted by Gasteiger charge is 2.26. The van der Waals surface area contributed by atoms with E-state index in [2.05, 4.69) is 29.6 Å². The molecule has 3 aromatic rings. The molecule has 2 N–H and O–H groups in total. The standard InChI is InChI=1S/C27H28F2N2O6S2/c1-14(2)15-5-7-16(8-6-15)17-9-10-18(24(29)25(17)37-4)26-30-23(13-38-26)39(34,35)31-21-12-20(28)19(27(32)33)11-22(21)36-3/h7,9-15,31H,5-6,8H2,1-4H3,(H,32,33). The molecule has 0 aliphatic heterocycles. The zero-order chi connectivity index (χ0) is 28.5. The summed E-state index contributed by atoms with van der Waals surface area (Å²) in [5.74, 6) is -2.32. The molecule has 0 saturated heterocycles. The minimum absolute atomic E-state index is 0.0678. The first kappa shape index (κ1) is 28.5. The SMILES string of the molecule is COc1cc(C(=O)O)c(F)cc1NS(=O)(=O)c1csc(-c2ccc(C3=CCC(C(C)C)CC3)c(OC)c2F)n1. The third-order valence-corrected chi connectivity index (χ3v) is 9.07. The van der Waals surface area contributed by atoms with E-state index in [1.807, 2.05) is 0 Å². The van der Waals surface area contributed by atoms with Crippen LogP contribution in [0.25, 0.3) is 16.1 Å². The van der Waals surface area contributed by atoms with E-state index >= 15 is 4.39 Å². The maximum atomic E-state index is 15.6. The summed E-state index contributed by atoms with van der Waals surface area (Å²) in [6, 6.07) is 4.88. The molecule has 1 atom stereocenters. The van der Waals surface area contributed by atoms with E-state index in [0.717, 1.165) is 42.2 Å². The monoisotopic (exact) mass is 578 g/mol. The van der Waals surface area contributed by atoms with Crippen molar-refractivity contribution in [2.45, 2.75) is 38.1 Å². The molecule has 0 saturated carbocycles. The molecule has 39 heavy (non-hydrogen) atoms. The lowest BCUT2D eigenvalue weighted by Crippen LogP contribution is -2.15. The number of ether oxygens (including phenoxy) is 2. The number of sulfonamides is 1. The van der Waals surface area contributed by atoms with Gasteiger partial charge in [0.1, 0.15) is 16.6 Å². The van der Waals surface area contributed by atoms with Crippen LogP contribution in [0.3, 0.4) is 0 Å². The van der Waals surface area contributed by atoms with Gasteiger partial charge in [-0.1, -0.05) is 26.0 Å². The van der Waals surface area contributed by atoms with Crippen molar-refractivity contribution < 1.29 is 36.6 Å². The third-order valence-electron chi connectivity index (χ3n) is 6.79. The van der Waals surface area contributed by atoms with Gasteiger partial charge in [0.2, 0.25) is 0 Å². The van der Waals surface area contributed by atoms with E-state index in [0.29, 0.717) is 23.5 Å². The quantitative estimate of drug-likeness (QED) is 0.300. The molecule has 208 valence electrons. The Morgan fingerprint density at radius 3 is 2.49 bits per heavy atom. The summed E-state index contributed by atoms with van der Waals surface area (Å²) >= 11 is 0.914. The highest BCUT2D eigenvalue weighted by Crippen LogP contribution is 2.41. The number of halogens is 2.